The average molecular weight is 330 g/mol. The Morgan fingerprint density at radius 1 is 1.29 bits per heavy atom. The van der Waals surface area contributed by atoms with Crippen molar-refractivity contribution >= 4 is 11.6 Å². The summed E-state index contributed by atoms with van der Waals surface area (Å²) >= 11 is 0. The van der Waals surface area contributed by atoms with Gasteiger partial charge in [-0.15, -0.1) is 5.10 Å². The molecule has 0 saturated carbocycles. The molecular formula is C16H22N6O2. The maximum atomic E-state index is 12.3. The van der Waals surface area contributed by atoms with E-state index in [0.717, 1.165) is 37.3 Å². The second kappa shape index (κ2) is 7.29. The van der Waals surface area contributed by atoms with Crippen LogP contribution in [0.2, 0.25) is 0 Å². The van der Waals surface area contributed by atoms with Gasteiger partial charge in [0.15, 0.2) is 5.82 Å². The molecule has 1 aliphatic heterocycles. The van der Waals surface area contributed by atoms with Gasteiger partial charge in [-0.05, 0) is 54.8 Å². The van der Waals surface area contributed by atoms with Crippen LogP contribution in [0.15, 0.2) is 18.2 Å². The molecule has 3 rings (SSSR count). The average Bonchev–Trinajstić information content (AvgIpc) is 3.06. The van der Waals surface area contributed by atoms with Crippen LogP contribution in [0.1, 0.15) is 25.1 Å². The second-order valence-corrected chi connectivity index (χ2v) is 5.82. The van der Waals surface area contributed by atoms with E-state index < -0.39 is 0 Å². The number of piperidine rings is 1. The van der Waals surface area contributed by atoms with Crippen LogP contribution in [-0.4, -0.2) is 57.8 Å². The SMILES string of the molecule is COc1ccc(NCC(=O)N2CCCCC2)cc1-n1nnnc1C. The number of rotatable bonds is 5. The monoisotopic (exact) mass is 330 g/mol. The van der Waals surface area contributed by atoms with E-state index >= 15 is 0 Å². The number of hydrogen-bond acceptors (Lipinski definition) is 6. The lowest BCUT2D eigenvalue weighted by atomic mass is 10.1. The minimum atomic E-state index is 0.130. The van der Waals surface area contributed by atoms with Gasteiger partial charge in [-0.2, -0.15) is 4.68 Å². The molecule has 0 spiro atoms. The number of tetrazole rings is 1. The van der Waals surface area contributed by atoms with Crippen molar-refractivity contribution in [3.63, 3.8) is 0 Å². The molecule has 1 saturated heterocycles. The summed E-state index contributed by atoms with van der Waals surface area (Å²) in [6.45, 7) is 3.82. The van der Waals surface area contributed by atoms with Gasteiger partial charge in [-0.3, -0.25) is 4.79 Å². The number of carbonyl (C=O) groups excluding carboxylic acids is 1. The highest BCUT2D eigenvalue weighted by atomic mass is 16.5. The Kier molecular flexibility index (Phi) is 4.93. The topological polar surface area (TPSA) is 85.2 Å². The lowest BCUT2D eigenvalue weighted by Crippen LogP contribution is -2.39. The smallest absolute Gasteiger partial charge is 0.241 e. The van der Waals surface area contributed by atoms with Gasteiger partial charge in [0.05, 0.1) is 13.7 Å². The fourth-order valence-corrected chi connectivity index (χ4v) is 2.85. The van der Waals surface area contributed by atoms with E-state index in [0.29, 0.717) is 11.6 Å². The Hall–Kier alpha value is -2.64. The van der Waals surface area contributed by atoms with Gasteiger partial charge in [0, 0.05) is 18.8 Å². The van der Waals surface area contributed by atoms with Gasteiger partial charge in [0.2, 0.25) is 5.91 Å². The Labute approximate surface area is 140 Å². The highest BCUT2D eigenvalue weighted by Gasteiger charge is 2.16. The number of benzene rings is 1. The van der Waals surface area contributed by atoms with Gasteiger partial charge in [-0.25, -0.2) is 0 Å². The standard InChI is InChI=1S/C16H22N6O2/c1-12-18-19-20-22(12)14-10-13(6-7-15(14)24-2)17-11-16(23)21-8-4-3-5-9-21/h6-7,10,17H,3-5,8-9,11H2,1-2H3. The molecule has 8 nitrogen and oxygen atoms in total. The van der Waals surface area contributed by atoms with Crippen LogP contribution in [-0.2, 0) is 4.79 Å². The minimum Gasteiger partial charge on any atom is -0.494 e. The summed E-state index contributed by atoms with van der Waals surface area (Å²) in [5.41, 5.74) is 1.56. The van der Waals surface area contributed by atoms with E-state index in [1.807, 2.05) is 30.0 Å². The Bertz CT molecular complexity index is 708. The van der Waals surface area contributed by atoms with E-state index in [-0.39, 0.29) is 12.5 Å². The molecule has 0 atom stereocenters. The zero-order valence-corrected chi connectivity index (χ0v) is 14.0. The van der Waals surface area contributed by atoms with Crippen molar-refractivity contribution in [2.24, 2.45) is 0 Å². The Balaban J connectivity index is 1.72. The lowest BCUT2D eigenvalue weighted by molar-refractivity contribution is -0.130. The van der Waals surface area contributed by atoms with Crippen molar-refractivity contribution in [1.82, 2.24) is 25.1 Å². The number of methoxy groups -OCH3 is 1. The molecule has 8 heteroatoms. The highest BCUT2D eigenvalue weighted by molar-refractivity contribution is 5.81. The summed E-state index contributed by atoms with van der Waals surface area (Å²) in [4.78, 5) is 14.2. The number of likely N-dealkylation sites (tertiary alicyclic amines) is 1. The summed E-state index contributed by atoms with van der Waals surface area (Å²) in [5.74, 6) is 1.46. The Morgan fingerprint density at radius 2 is 2.08 bits per heavy atom. The molecule has 2 aromatic rings. The van der Waals surface area contributed by atoms with Crippen molar-refractivity contribution in [3.8, 4) is 11.4 Å². The number of aryl methyl sites for hydroxylation is 1. The maximum Gasteiger partial charge on any atom is 0.241 e. The van der Waals surface area contributed by atoms with Gasteiger partial charge in [0.25, 0.3) is 0 Å². The van der Waals surface area contributed by atoms with Crippen molar-refractivity contribution in [1.29, 1.82) is 0 Å². The Morgan fingerprint density at radius 3 is 2.75 bits per heavy atom. The predicted octanol–water partition coefficient (Wildman–Crippen LogP) is 1.40. The molecule has 0 bridgehead atoms. The number of nitrogens with one attached hydrogen (secondary N) is 1. The van der Waals surface area contributed by atoms with E-state index in [4.69, 9.17) is 4.74 Å². The molecule has 0 unspecified atom stereocenters. The molecule has 1 aromatic carbocycles. The first kappa shape index (κ1) is 16.2. The number of anilines is 1. The van der Waals surface area contributed by atoms with Crippen molar-refractivity contribution < 1.29 is 9.53 Å². The van der Waals surface area contributed by atoms with Crippen LogP contribution in [0.3, 0.4) is 0 Å². The largest absolute Gasteiger partial charge is 0.494 e. The first-order chi connectivity index (χ1) is 11.7. The molecule has 0 aliphatic carbocycles. The minimum absolute atomic E-state index is 0.130. The summed E-state index contributed by atoms with van der Waals surface area (Å²) < 4.78 is 6.99. The zero-order chi connectivity index (χ0) is 16.9. The first-order valence-electron chi connectivity index (χ1n) is 8.14. The fraction of sp³-hybridized carbons (Fsp3) is 0.500. The number of carbonyl (C=O) groups is 1. The predicted molar refractivity (Wildman–Crippen MR) is 89.4 cm³/mol. The second-order valence-electron chi connectivity index (χ2n) is 5.82. The van der Waals surface area contributed by atoms with Crippen LogP contribution in [0, 0.1) is 6.92 Å². The van der Waals surface area contributed by atoms with Crippen LogP contribution in [0.25, 0.3) is 5.69 Å². The van der Waals surface area contributed by atoms with E-state index in [9.17, 15) is 4.79 Å². The normalized spacial score (nSPS) is 14.5. The third kappa shape index (κ3) is 3.47. The van der Waals surface area contributed by atoms with Crippen LogP contribution >= 0.6 is 0 Å². The van der Waals surface area contributed by atoms with Gasteiger partial charge < -0.3 is 15.0 Å². The third-order valence-electron chi connectivity index (χ3n) is 4.18. The van der Waals surface area contributed by atoms with Crippen molar-refractivity contribution in [2.75, 3.05) is 32.1 Å². The van der Waals surface area contributed by atoms with E-state index in [1.54, 1.807) is 11.8 Å². The summed E-state index contributed by atoms with van der Waals surface area (Å²) in [5, 5.41) is 14.7. The van der Waals surface area contributed by atoms with E-state index in [2.05, 4.69) is 20.8 Å². The van der Waals surface area contributed by atoms with Gasteiger partial charge >= 0.3 is 0 Å². The summed E-state index contributed by atoms with van der Waals surface area (Å²) in [6, 6.07) is 5.60. The molecular weight excluding hydrogens is 308 g/mol. The molecule has 128 valence electrons. The van der Waals surface area contributed by atoms with Crippen LogP contribution in [0.5, 0.6) is 5.75 Å². The summed E-state index contributed by atoms with van der Waals surface area (Å²) in [6.07, 6.45) is 3.40. The number of aromatic nitrogens is 4. The van der Waals surface area contributed by atoms with Crippen LogP contribution < -0.4 is 10.1 Å². The molecule has 2 heterocycles. The van der Waals surface area contributed by atoms with Crippen molar-refractivity contribution in [3.05, 3.63) is 24.0 Å². The number of ether oxygens (including phenoxy) is 1. The number of nitrogens with zero attached hydrogens (tertiary/aromatic N) is 5. The van der Waals surface area contributed by atoms with Crippen molar-refractivity contribution in [2.45, 2.75) is 26.2 Å². The van der Waals surface area contributed by atoms with Crippen LogP contribution in [0.4, 0.5) is 5.69 Å². The fourth-order valence-electron chi connectivity index (χ4n) is 2.85. The number of amides is 1. The molecule has 1 fully saturated rings. The molecule has 1 amide bonds. The molecule has 1 aliphatic rings. The molecule has 1 N–H and O–H groups in total. The van der Waals surface area contributed by atoms with Gasteiger partial charge in [0.1, 0.15) is 11.4 Å². The highest BCUT2D eigenvalue weighted by Crippen LogP contribution is 2.26. The molecule has 24 heavy (non-hydrogen) atoms. The third-order valence-corrected chi connectivity index (χ3v) is 4.18. The quantitative estimate of drug-likeness (QED) is 0.892. The maximum absolute atomic E-state index is 12.3. The number of hydrogen-bond donors (Lipinski definition) is 1. The molecule has 0 radical (unpaired) electrons. The first-order valence-corrected chi connectivity index (χ1v) is 8.14. The molecule has 1 aromatic heterocycles. The lowest BCUT2D eigenvalue weighted by Gasteiger charge is -2.27. The summed E-state index contributed by atoms with van der Waals surface area (Å²) in [7, 11) is 1.60. The zero-order valence-electron chi connectivity index (χ0n) is 14.0. The van der Waals surface area contributed by atoms with Gasteiger partial charge in [-0.1, -0.05) is 0 Å². The van der Waals surface area contributed by atoms with E-state index in [1.165, 1.54) is 6.42 Å².